The number of rotatable bonds is 3. The van der Waals surface area contributed by atoms with E-state index in [0.29, 0.717) is 6.54 Å². The number of para-hydroxylation sites is 1. The lowest BCUT2D eigenvalue weighted by Crippen LogP contribution is -2.36. The molecule has 29 heavy (non-hydrogen) atoms. The number of carbonyl (C=O) groups is 1. The van der Waals surface area contributed by atoms with Crippen molar-refractivity contribution in [2.45, 2.75) is 45.3 Å². The van der Waals surface area contributed by atoms with Crippen molar-refractivity contribution in [3.05, 3.63) is 54.5 Å². The van der Waals surface area contributed by atoms with Crippen molar-refractivity contribution in [2.24, 2.45) is 0 Å². The Morgan fingerprint density at radius 3 is 2.66 bits per heavy atom. The number of hydrogen-bond acceptors (Lipinski definition) is 4. The molecular formula is C23H27N3O3. The van der Waals surface area contributed by atoms with E-state index in [4.69, 9.17) is 14.5 Å². The van der Waals surface area contributed by atoms with Crippen LogP contribution >= 0.6 is 0 Å². The number of pyridine rings is 1. The van der Waals surface area contributed by atoms with Crippen LogP contribution in [0.5, 0.6) is 5.75 Å². The highest BCUT2D eigenvalue weighted by Gasteiger charge is 2.36. The summed E-state index contributed by atoms with van der Waals surface area (Å²) >= 11 is 0. The minimum absolute atomic E-state index is 0.122. The van der Waals surface area contributed by atoms with Gasteiger partial charge >= 0.3 is 6.09 Å². The Hall–Kier alpha value is -3.02. The Labute approximate surface area is 171 Å². The van der Waals surface area contributed by atoms with Gasteiger partial charge in [-0.25, -0.2) is 9.78 Å². The lowest BCUT2D eigenvalue weighted by atomic mass is 10.1. The maximum Gasteiger partial charge on any atom is 0.410 e. The van der Waals surface area contributed by atoms with E-state index in [0.717, 1.165) is 41.2 Å². The molecule has 1 unspecified atom stereocenters. The van der Waals surface area contributed by atoms with Gasteiger partial charge in [0.25, 0.3) is 0 Å². The highest BCUT2D eigenvalue weighted by atomic mass is 16.6. The first-order valence-electron chi connectivity index (χ1n) is 9.99. The summed E-state index contributed by atoms with van der Waals surface area (Å²) in [5.74, 6) is 1.63. The van der Waals surface area contributed by atoms with Crippen molar-refractivity contribution >= 4 is 11.6 Å². The maximum atomic E-state index is 12.8. The second-order valence-corrected chi connectivity index (χ2v) is 8.31. The smallest absolute Gasteiger partial charge is 0.410 e. The number of carbonyl (C=O) groups excluding carboxylic acids is 1. The topological polar surface area (TPSA) is 56.1 Å². The molecule has 1 amide bonds. The fourth-order valence-corrected chi connectivity index (χ4v) is 3.91. The molecule has 1 atom stereocenters. The van der Waals surface area contributed by atoms with E-state index in [2.05, 4.69) is 4.40 Å². The van der Waals surface area contributed by atoms with Crippen molar-refractivity contribution in [2.75, 3.05) is 13.7 Å². The summed E-state index contributed by atoms with van der Waals surface area (Å²) in [5.41, 5.74) is 2.26. The average molecular weight is 393 g/mol. The summed E-state index contributed by atoms with van der Waals surface area (Å²) in [6.07, 6.45) is 3.50. The zero-order chi connectivity index (χ0) is 20.6. The predicted molar refractivity (Wildman–Crippen MR) is 112 cm³/mol. The number of fused-ring (bicyclic) bond motifs is 1. The second kappa shape index (κ2) is 7.43. The van der Waals surface area contributed by atoms with Gasteiger partial charge in [-0.15, -0.1) is 0 Å². The third-order valence-electron chi connectivity index (χ3n) is 5.12. The molecule has 1 aromatic carbocycles. The number of amides is 1. The van der Waals surface area contributed by atoms with Crippen LogP contribution in [0.25, 0.3) is 16.8 Å². The predicted octanol–water partition coefficient (Wildman–Crippen LogP) is 5.08. The third-order valence-corrected chi connectivity index (χ3v) is 5.12. The van der Waals surface area contributed by atoms with E-state index in [1.165, 1.54) is 0 Å². The summed E-state index contributed by atoms with van der Waals surface area (Å²) < 4.78 is 13.3. The van der Waals surface area contributed by atoms with Gasteiger partial charge in [0.1, 0.15) is 22.9 Å². The zero-order valence-electron chi connectivity index (χ0n) is 17.4. The number of imidazole rings is 1. The van der Waals surface area contributed by atoms with Crippen LogP contribution in [-0.2, 0) is 4.74 Å². The van der Waals surface area contributed by atoms with Crippen LogP contribution in [0, 0.1) is 0 Å². The molecule has 2 aromatic heterocycles. The Morgan fingerprint density at radius 1 is 1.14 bits per heavy atom. The highest BCUT2D eigenvalue weighted by molar-refractivity contribution is 5.81. The Bertz CT molecular complexity index is 1040. The van der Waals surface area contributed by atoms with Gasteiger partial charge in [-0.3, -0.25) is 4.90 Å². The number of aromatic nitrogens is 2. The van der Waals surface area contributed by atoms with E-state index in [1.807, 2.05) is 69.4 Å². The summed E-state index contributed by atoms with van der Waals surface area (Å²) in [4.78, 5) is 19.6. The first-order valence-corrected chi connectivity index (χ1v) is 9.99. The van der Waals surface area contributed by atoms with Crippen molar-refractivity contribution in [3.8, 4) is 17.0 Å². The van der Waals surface area contributed by atoms with E-state index >= 15 is 0 Å². The standard InChI is InChI=1S/C23H27N3O3/c1-23(2,3)29-22(27)26-15-9-12-18(26)21-24-20(17-11-7-8-14-25(17)21)16-10-5-6-13-19(16)28-4/h5-8,10-11,13-14,18H,9,12,15H2,1-4H3. The molecule has 0 spiro atoms. The maximum absolute atomic E-state index is 12.8. The van der Waals surface area contributed by atoms with E-state index < -0.39 is 5.60 Å². The van der Waals surface area contributed by atoms with E-state index in [1.54, 1.807) is 12.0 Å². The van der Waals surface area contributed by atoms with Gasteiger partial charge in [-0.05, 0) is 57.9 Å². The van der Waals surface area contributed by atoms with Crippen LogP contribution in [-0.4, -0.2) is 39.6 Å². The molecule has 3 aromatic rings. The minimum Gasteiger partial charge on any atom is -0.496 e. The average Bonchev–Trinajstić information content (AvgIpc) is 3.31. The fourth-order valence-electron chi connectivity index (χ4n) is 3.91. The second-order valence-electron chi connectivity index (χ2n) is 8.31. The van der Waals surface area contributed by atoms with E-state index in [9.17, 15) is 4.79 Å². The lowest BCUT2D eigenvalue weighted by Gasteiger charge is -2.28. The van der Waals surface area contributed by atoms with Gasteiger partial charge in [-0.1, -0.05) is 18.2 Å². The van der Waals surface area contributed by atoms with Gasteiger partial charge in [0.15, 0.2) is 0 Å². The van der Waals surface area contributed by atoms with Crippen LogP contribution in [0.2, 0.25) is 0 Å². The van der Waals surface area contributed by atoms with Gasteiger partial charge < -0.3 is 13.9 Å². The van der Waals surface area contributed by atoms with Crippen molar-refractivity contribution in [3.63, 3.8) is 0 Å². The Kier molecular flexibility index (Phi) is 4.94. The summed E-state index contributed by atoms with van der Waals surface area (Å²) in [5, 5.41) is 0. The summed E-state index contributed by atoms with van der Waals surface area (Å²) in [6.45, 7) is 6.34. The Morgan fingerprint density at radius 2 is 1.90 bits per heavy atom. The molecule has 4 rings (SSSR count). The minimum atomic E-state index is -0.526. The monoisotopic (exact) mass is 393 g/mol. The Balaban J connectivity index is 1.80. The van der Waals surface area contributed by atoms with Gasteiger partial charge in [0.05, 0.1) is 18.7 Å². The summed E-state index contributed by atoms with van der Waals surface area (Å²) in [7, 11) is 1.67. The van der Waals surface area contributed by atoms with Crippen molar-refractivity contribution < 1.29 is 14.3 Å². The van der Waals surface area contributed by atoms with Crippen molar-refractivity contribution in [1.82, 2.24) is 14.3 Å². The largest absolute Gasteiger partial charge is 0.496 e. The number of likely N-dealkylation sites (tertiary alicyclic amines) is 1. The molecule has 1 saturated heterocycles. The van der Waals surface area contributed by atoms with Gasteiger partial charge in [-0.2, -0.15) is 0 Å². The number of hydrogen-bond donors (Lipinski definition) is 0. The van der Waals surface area contributed by atoms with Crippen LogP contribution in [0.15, 0.2) is 48.7 Å². The molecular weight excluding hydrogens is 366 g/mol. The first-order chi connectivity index (χ1) is 13.9. The molecule has 0 aliphatic carbocycles. The molecule has 152 valence electrons. The fraction of sp³-hybridized carbons (Fsp3) is 0.391. The summed E-state index contributed by atoms with van der Waals surface area (Å²) in [6, 6.07) is 13.8. The van der Waals surface area contributed by atoms with Gasteiger partial charge in [0, 0.05) is 18.3 Å². The van der Waals surface area contributed by atoms with Crippen LogP contribution < -0.4 is 4.74 Å². The first kappa shape index (κ1) is 19.3. The van der Waals surface area contributed by atoms with Gasteiger partial charge in [0.2, 0.25) is 0 Å². The van der Waals surface area contributed by atoms with E-state index in [-0.39, 0.29) is 12.1 Å². The molecule has 0 saturated carbocycles. The van der Waals surface area contributed by atoms with Crippen LogP contribution in [0.4, 0.5) is 4.79 Å². The zero-order valence-corrected chi connectivity index (χ0v) is 17.4. The molecule has 1 fully saturated rings. The molecule has 0 N–H and O–H groups in total. The normalized spacial score (nSPS) is 17.0. The molecule has 6 nitrogen and oxygen atoms in total. The molecule has 3 heterocycles. The number of ether oxygens (including phenoxy) is 2. The number of methoxy groups -OCH3 is 1. The molecule has 6 heteroatoms. The molecule has 1 aliphatic heterocycles. The molecule has 0 radical (unpaired) electrons. The SMILES string of the molecule is COc1ccccc1-c1nc(C2CCCN2C(=O)OC(C)(C)C)n2ccccc12. The van der Waals surface area contributed by atoms with Crippen LogP contribution in [0.3, 0.4) is 0 Å². The quantitative estimate of drug-likeness (QED) is 0.622. The molecule has 0 bridgehead atoms. The molecule has 1 aliphatic rings. The number of benzene rings is 1. The van der Waals surface area contributed by atoms with Crippen molar-refractivity contribution in [1.29, 1.82) is 0 Å². The number of nitrogens with zero attached hydrogens (tertiary/aromatic N) is 3. The third kappa shape index (κ3) is 3.67. The highest BCUT2D eigenvalue weighted by Crippen LogP contribution is 2.38. The lowest BCUT2D eigenvalue weighted by molar-refractivity contribution is 0.0218. The van der Waals surface area contributed by atoms with Crippen LogP contribution in [0.1, 0.15) is 45.5 Å².